The molecule has 0 aliphatic carbocycles. The van der Waals surface area contributed by atoms with Crippen LogP contribution < -0.4 is 5.32 Å². The molecule has 2 aromatic rings. The Labute approximate surface area is 97.4 Å². The van der Waals surface area contributed by atoms with Crippen molar-refractivity contribution in [3.8, 4) is 0 Å². The summed E-state index contributed by atoms with van der Waals surface area (Å²) < 4.78 is 27.4. The van der Waals surface area contributed by atoms with Gasteiger partial charge in [-0.1, -0.05) is 6.58 Å². The molecular weight excluding hydrogens is 224 g/mol. The molecule has 17 heavy (non-hydrogen) atoms. The number of hydrogen-bond donors (Lipinski definition) is 1. The Balaban J connectivity index is 2.04. The Bertz CT molecular complexity index is 514. The molecule has 2 rings (SSSR count). The highest BCUT2D eigenvalue weighted by atomic mass is 19.1. The van der Waals surface area contributed by atoms with Crippen molar-refractivity contribution in [1.29, 1.82) is 0 Å². The first kappa shape index (κ1) is 11.3. The van der Waals surface area contributed by atoms with Crippen LogP contribution in [0.25, 0.3) is 6.20 Å². The van der Waals surface area contributed by atoms with Crippen LogP contribution in [0.15, 0.2) is 37.2 Å². The minimum Gasteiger partial charge on any atom is -0.381 e. The highest BCUT2D eigenvalue weighted by Crippen LogP contribution is 2.13. The van der Waals surface area contributed by atoms with Gasteiger partial charge in [-0.2, -0.15) is 5.10 Å². The van der Waals surface area contributed by atoms with Gasteiger partial charge < -0.3 is 5.32 Å². The van der Waals surface area contributed by atoms with Crippen molar-refractivity contribution in [2.45, 2.75) is 6.54 Å². The van der Waals surface area contributed by atoms with E-state index < -0.39 is 11.6 Å². The molecule has 0 fully saturated rings. The van der Waals surface area contributed by atoms with Gasteiger partial charge in [0.1, 0.15) is 11.6 Å². The summed E-state index contributed by atoms with van der Waals surface area (Å²) in [5, 5.41) is 6.90. The van der Waals surface area contributed by atoms with Gasteiger partial charge >= 0.3 is 0 Å². The lowest BCUT2D eigenvalue weighted by molar-refractivity contribution is 0.584. The Morgan fingerprint density at radius 1 is 1.29 bits per heavy atom. The zero-order valence-corrected chi connectivity index (χ0v) is 9.03. The van der Waals surface area contributed by atoms with Crippen molar-refractivity contribution in [1.82, 2.24) is 9.78 Å². The molecule has 0 unspecified atom stereocenters. The number of rotatable bonds is 4. The Kier molecular flexibility index (Phi) is 3.18. The molecular formula is C12H11F2N3. The molecule has 1 aromatic heterocycles. The number of nitrogens with one attached hydrogen (secondary N) is 1. The maximum atomic E-state index is 12.9. The van der Waals surface area contributed by atoms with Gasteiger partial charge in [0.25, 0.3) is 0 Å². The summed E-state index contributed by atoms with van der Waals surface area (Å²) in [7, 11) is 0. The molecule has 0 atom stereocenters. The maximum Gasteiger partial charge on any atom is 0.128 e. The molecule has 5 heteroatoms. The highest BCUT2D eigenvalue weighted by molar-refractivity contribution is 5.44. The fraction of sp³-hybridized carbons (Fsp3) is 0.0833. The average molecular weight is 235 g/mol. The summed E-state index contributed by atoms with van der Waals surface area (Å²) in [6, 6.07) is 3.31. The summed E-state index contributed by atoms with van der Waals surface area (Å²) in [5.74, 6) is -1.21. The largest absolute Gasteiger partial charge is 0.381 e. The van der Waals surface area contributed by atoms with Crippen molar-refractivity contribution in [3.05, 3.63) is 54.4 Å². The molecule has 1 N–H and O–H groups in total. The van der Waals surface area contributed by atoms with Gasteiger partial charge in [-0.3, -0.25) is 0 Å². The molecule has 3 nitrogen and oxygen atoms in total. The zero-order valence-electron chi connectivity index (χ0n) is 9.03. The van der Waals surface area contributed by atoms with E-state index in [0.29, 0.717) is 12.2 Å². The third-order valence-corrected chi connectivity index (χ3v) is 2.20. The smallest absolute Gasteiger partial charge is 0.128 e. The van der Waals surface area contributed by atoms with E-state index in [2.05, 4.69) is 17.0 Å². The monoisotopic (exact) mass is 235 g/mol. The second-order valence-corrected chi connectivity index (χ2v) is 3.52. The fourth-order valence-corrected chi connectivity index (χ4v) is 1.43. The Hall–Kier alpha value is -2.17. The van der Waals surface area contributed by atoms with Crippen molar-refractivity contribution >= 4 is 11.9 Å². The number of nitrogens with zero attached hydrogens (tertiary/aromatic N) is 2. The van der Waals surface area contributed by atoms with Crippen molar-refractivity contribution in [2.75, 3.05) is 5.32 Å². The van der Waals surface area contributed by atoms with Crippen LogP contribution in [0.2, 0.25) is 0 Å². The summed E-state index contributed by atoms with van der Waals surface area (Å²) in [5.41, 5.74) is 1.29. The van der Waals surface area contributed by atoms with Crippen LogP contribution in [0.4, 0.5) is 14.5 Å². The average Bonchev–Trinajstić information content (AvgIpc) is 2.73. The molecule has 0 saturated heterocycles. The Morgan fingerprint density at radius 2 is 2.00 bits per heavy atom. The van der Waals surface area contributed by atoms with Crippen LogP contribution >= 0.6 is 0 Å². The van der Waals surface area contributed by atoms with Crippen molar-refractivity contribution in [2.24, 2.45) is 0 Å². The van der Waals surface area contributed by atoms with Gasteiger partial charge in [0.05, 0.1) is 6.20 Å². The van der Waals surface area contributed by atoms with E-state index >= 15 is 0 Å². The normalized spacial score (nSPS) is 10.2. The van der Waals surface area contributed by atoms with E-state index in [0.717, 1.165) is 11.6 Å². The lowest BCUT2D eigenvalue weighted by Crippen LogP contribution is -1.99. The zero-order chi connectivity index (χ0) is 12.3. The first-order chi connectivity index (χ1) is 8.17. The summed E-state index contributed by atoms with van der Waals surface area (Å²) in [4.78, 5) is 0. The van der Waals surface area contributed by atoms with Crippen LogP contribution in [0.1, 0.15) is 5.56 Å². The molecule has 0 saturated carbocycles. The standard InChI is InChI=1S/C12H11F2N3/c1-2-17-8-9(7-16-17)6-15-12-4-10(13)3-11(14)5-12/h2-5,7-8,15H,1,6H2. The van der Waals surface area contributed by atoms with Crippen molar-refractivity contribution in [3.63, 3.8) is 0 Å². The minimum absolute atomic E-state index is 0.397. The third kappa shape index (κ3) is 2.90. The topological polar surface area (TPSA) is 29.9 Å². The molecule has 0 bridgehead atoms. The lowest BCUT2D eigenvalue weighted by atomic mass is 10.3. The molecule has 0 amide bonds. The van der Waals surface area contributed by atoms with E-state index in [4.69, 9.17) is 0 Å². The quantitative estimate of drug-likeness (QED) is 0.883. The minimum atomic E-state index is -0.603. The van der Waals surface area contributed by atoms with E-state index in [1.54, 1.807) is 23.3 Å². The number of anilines is 1. The molecule has 0 aliphatic heterocycles. The summed E-state index contributed by atoms with van der Waals surface area (Å²) >= 11 is 0. The van der Waals surface area contributed by atoms with Gasteiger partial charge in [-0.15, -0.1) is 0 Å². The fourth-order valence-electron chi connectivity index (χ4n) is 1.43. The summed E-state index contributed by atoms with van der Waals surface area (Å²) in [6.45, 7) is 4.01. The molecule has 0 radical (unpaired) electrons. The molecule has 0 spiro atoms. The highest BCUT2D eigenvalue weighted by Gasteiger charge is 2.01. The van der Waals surface area contributed by atoms with E-state index in [-0.39, 0.29) is 0 Å². The molecule has 88 valence electrons. The van der Waals surface area contributed by atoms with Gasteiger partial charge in [-0.25, -0.2) is 13.5 Å². The number of halogens is 2. The van der Waals surface area contributed by atoms with E-state index in [1.165, 1.54) is 12.1 Å². The predicted molar refractivity (Wildman–Crippen MR) is 62.3 cm³/mol. The second kappa shape index (κ2) is 4.78. The SMILES string of the molecule is C=Cn1cc(CNc2cc(F)cc(F)c2)cn1. The first-order valence-corrected chi connectivity index (χ1v) is 5.03. The van der Waals surface area contributed by atoms with Crippen LogP contribution in [0, 0.1) is 11.6 Å². The van der Waals surface area contributed by atoms with E-state index in [9.17, 15) is 8.78 Å². The molecule has 0 aliphatic rings. The van der Waals surface area contributed by atoms with Gasteiger partial charge in [0, 0.05) is 36.3 Å². The predicted octanol–water partition coefficient (Wildman–Crippen LogP) is 2.87. The third-order valence-electron chi connectivity index (χ3n) is 2.20. The molecule has 1 heterocycles. The van der Waals surface area contributed by atoms with Gasteiger partial charge in [-0.05, 0) is 12.1 Å². The number of hydrogen-bond acceptors (Lipinski definition) is 2. The van der Waals surface area contributed by atoms with Crippen LogP contribution in [-0.4, -0.2) is 9.78 Å². The van der Waals surface area contributed by atoms with Crippen LogP contribution in [0.3, 0.4) is 0 Å². The number of aromatic nitrogens is 2. The maximum absolute atomic E-state index is 12.9. The van der Waals surface area contributed by atoms with Crippen LogP contribution in [0.5, 0.6) is 0 Å². The Morgan fingerprint density at radius 3 is 2.59 bits per heavy atom. The number of benzene rings is 1. The second-order valence-electron chi connectivity index (χ2n) is 3.52. The van der Waals surface area contributed by atoms with Crippen LogP contribution in [-0.2, 0) is 6.54 Å². The summed E-state index contributed by atoms with van der Waals surface area (Å²) in [6.07, 6.45) is 4.99. The molecule has 1 aromatic carbocycles. The van der Waals surface area contributed by atoms with Crippen molar-refractivity contribution < 1.29 is 8.78 Å². The van der Waals surface area contributed by atoms with Gasteiger partial charge in [0.15, 0.2) is 0 Å². The van der Waals surface area contributed by atoms with E-state index in [1.807, 2.05) is 0 Å². The lowest BCUT2D eigenvalue weighted by Gasteiger charge is -2.04. The first-order valence-electron chi connectivity index (χ1n) is 5.03. The van der Waals surface area contributed by atoms with Gasteiger partial charge in [0.2, 0.25) is 0 Å².